The summed E-state index contributed by atoms with van der Waals surface area (Å²) in [4.78, 5) is 0. The van der Waals surface area contributed by atoms with Crippen molar-refractivity contribution in [3.63, 3.8) is 0 Å². The summed E-state index contributed by atoms with van der Waals surface area (Å²) in [7, 11) is 0. The Labute approximate surface area is 92.2 Å². The molecule has 0 aromatic heterocycles. The Hall–Kier alpha value is -1.23. The van der Waals surface area contributed by atoms with Gasteiger partial charge in [0.2, 0.25) is 0 Å². The maximum atomic E-state index is 11.8. The average Bonchev–Trinajstić information content (AvgIpc) is 2.23. The maximum absolute atomic E-state index is 11.8. The van der Waals surface area contributed by atoms with Gasteiger partial charge >= 0.3 is 6.18 Å². The molecule has 16 heavy (non-hydrogen) atoms. The van der Waals surface area contributed by atoms with Gasteiger partial charge in [-0.2, -0.15) is 13.2 Å². The van der Waals surface area contributed by atoms with Crippen molar-refractivity contribution in [2.24, 2.45) is 5.73 Å². The van der Waals surface area contributed by atoms with Crippen molar-refractivity contribution in [3.05, 3.63) is 29.8 Å². The Morgan fingerprint density at radius 3 is 2.62 bits per heavy atom. The fourth-order valence-corrected chi connectivity index (χ4v) is 1.22. The summed E-state index contributed by atoms with van der Waals surface area (Å²) in [5, 5.41) is 0. The third kappa shape index (κ3) is 5.02. The van der Waals surface area contributed by atoms with Gasteiger partial charge in [0.05, 0.1) is 6.61 Å². The van der Waals surface area contributed by atoms with Gasteiger partial charge in [-0.15, -0.1) is 0 Å². The lowest BCUT2D eigenvalue weighted by Crippen LogP contribution is -2.09. The molecule has 5 heteroatoms. The molecule has 0 radical (unpaired) electrons. The Morgan fingerprint density at radius 1 is 1.25 bits per heavy atom. The van der Waals surface area contributed by atoms with Crippen molar-refractivity contribution in [1.82, 2.24) is 0 Å². The first-order chi connectivity index (χ1) is 7.51. The zero-order chi connectivity index (χ0) is 12.0. The molecule has 0 aliphatic carbocycles. The molecule has 0 saturated carbocycles. The third-order valence-corrected chi connectivity index (χ3v) is 2.01. The van der Waals surface area contributed by atoms with Gasteiger partial charge in [0.15, 0.2) is 0 Å². The van der Waals surface area contributed by atoms with Gasteiger partial charge in [-0.1, -0.05) is 12.1 Å². The predicted octanol–water partition coefficient (Wildman–Crippen LogP) is 2.87. The van der Waals surface area contributed by atoms with E-state index in [9.17, 15) is 13.2 Å². The van der Waals surface area contributed by atoms with Crippen molar-refractivity contribution in [3.8, 4) is 5.75 Å². The molecule has 1 rings (SSSR count). The van der Waals surface area contributed by atoms with Crippen LogP contribution in [0.25, 0.3) is 0 Å². The minimum atomic E-state index is -4.11. The highest BCUT2D eigenvalue weighted by molar-refractivity contribution is 5.28. The number of hydrogen-bond donors (Lipinski definition) is 1. The van der Waals surface area contributed by atoms with E-state index < -0.39 is 12.6 Å². The molecular weight excluding hydrogens is 219 g/mol. The van der Waals surface area contributed by atoms with Crippen LogP contribution in [0.15, 0.2) is 24.3 Å². The predicted molar refractivity (Wildman–Crippen MR) is 55.1 cm³/mol. The Bertz CT molecular complexity index is 325. The van der Waals surface area contributed by atoms with Crippen LogP contribution in [0.3, 0.4) is 0 Å². The fraction of sp³-hybridized carbons (Fsp3) is 0.455. The monoisotopic (exact) mass is 233 g/mol. The number of alkyl halides is 3. The first kappa shape index (κ1) is 12.8. The minimum absolute atomic E-state index is 0.0314. The van der Waals surface area contributed by atoms with E-state index in [0.29, 0.717) is 12.3 Å². The van der Waals surface area contributed by atoms with E-state index in [0.717, 1.165) is 5.56 Å². The third-order valence-electron chi connectivity index (χ3n) is 2.01. The number of benzene rings is 1. The molecule has 0 aliphatic rings. The highest BCUT2D eigenvalue weighted by Crippen LogP contribution is 2.21. The van der Waals surface area contributed by atoms with Crippen LogP contribution in [0.5, 0.6) is 5.75 Å². The summed E-state index contributed by atoms with van der Waals surface area (Å²) in [5.74, 6) is 0.560. The number of hydrogen-bond acceptors (Lipinski definition) is 2. The van der Waals surface area contributed by atoms with Crippen LogP contribution in [0.1, 0.15) is 18.4 Å². The molecule has 0 aliphatic heterocycles. The lowest BCUT2D eigenvalue weighted by atomic mass is 10.2. The number of nitrogens with two attached hydrogens (primary N) is 1. The van der Waals surface area contributed by atoms with Crippen molar-refractivity contribution < 1.29 is 17.9 Å². The van der Waals surface area contributed by atoms with E-state index in [4.69, 9.17) is 10.5 Å². The molecule has 0 unspecified atom stereocenters. The fourth-order valence-electron chi connectivity index (χ4n) is 1.22. The van der Waals surface area contributed by atoms with Crippen molar-refractivity contribution in [2.75, 3.05) is 6.61 Å². The SMILES string of the molecule is NCc1cccc(OCCCC(F)(F)F)c1. The van der Waals surface area contributed by atoms with Crippen LogP contribution >= 0.6 is 0 Å². The van der Waals surface area contributed by atoms with E-state index in [-0.39, 0.29) is 13.0 Å². The van der Waals surface area contributed by atoms with Gasteiger partial charge < -0.3 is 10.5 Å². The molecule has 2 N–H and O–H groups in total. The molecule has 2 nitrogen and oxygen atoms in total. The summed E-state index contributed by atoms with van der Waals surface area (Å²) in [6.45, 7) is 0.452. The van der Waals surface area contributed by atoms with Crippen molar-refractivity contribution in [1.29, 1.82) is 0 Å². The van der Waals surface area contributed by atoms with E-state index in [1.165, 1.54) is 0 Å². The minimum Gasteiger partial charge on any atom is -0.494 e. The van der Waals surface area contributed by atoms with E-state index in [1.807, 2.05) is 6.07 Å². The van der Waals surface area contributed by atoms with E-state index in [2.05, 4.69) is 0 Å². The van der Waals surface area contributed by atoms with Crippen LogP contribution < -0.4 is 10.5 Å². The number of ether oxygens (including phenoxy) is 1. The molecule has 0 atom stereocenters. The zero-order valence-electron chi connectivity index (χ0n) is 8.76. The van der Waals surface area contributed by atoms with Crippen LogP contribution in [0, 0.1) is 0 Å². The van der Waals surface area contributed by atoms with E-state index >= 15 is 0 Å². The average molecular weight is 233 g/mol. The van der Waals surface area contributed by atoms with Crippen LogP contribution in [0.4, 0.5) is 13.2 Å². The normalized spacial score (nSPS) is 11.5. The zero-order valence-corrected chi connectivity index (χ0v) is 8.76. The summed E-state index contributed by atoms with van der Waals surface area (Å²) in [6, 6.07) is 7.03. The molecule has 0 saturated heterocycles. The second-order valence-corrected chi connectivity index (χ2v) is 3.42. The van der Waals surface area contributed by atoms with Crippen molar-refractivity contribution >= 4 is 0 Å². The lowest BCUT2D eigenvalue weighted by Gasteiger charge is -2.08. The van der Waals surface area contributed by atoms with Crippen molar-refractivity contribution in [2.45, 2.75) is 25.6 Å². The molecule has 0 heterocycles. The molecule has 0 bridgehead atoms. The standard InChI is InChI=1S/C11H14F3NO/c12-11(13,14)5-2-6-16-10-4-1-3-9(7-10)8-15/h1,3-4,7H,2,5-6,8,15H2. The lowest BCUT2D eigenvalue weighted by molar-refractivity contribution is -0.136. The Kier molecular flexibility index (Phi) is 4.61. The summed E-state index contributed by atoms with van der Waals surface area (Å²) < 4.78 is 40.7. The van der Waals surface area contributed by atoms with E-state index in [1.54, 1.807) is 18.2 Å². The van der Waals surface area contributed by atoms with Gasteiger partial charge in [-0.25, -0.2) is 0 Å². The van der Waals surface area contributed by atoms with Gasteiger partial charge in [0.1, 0.15) is 5.75 Å². The van der Waals surface area contributed by atoms with Gasteiger partial charge in [0.25, 0.3) is 0 Å². The largest absolute Gasteiger partial charge is 0.494 e. The highest BCUT2D eigenvalue weighted by atomic mass is 19.4. The number of halogens is 3. The van der Waals surface area contributed by atoms with Gasteiger partial charge in [-0.05, 0) is 24.1 Å². The van der Waals surface area contributed by atoms with Crippen LogP contribution in [-0.4, -0.2) is 12.8 Å². The van der Waals surface area contributed by atoms with Crippen LogP contribution in [0.2, 0.25) is 0 Å². The molecule has 0 amide bonds. The first-order valence-electron chi connectivity index (χ1n) is 5.00. The summed E-state index contributed by atoms with van der Waals surface area (Å²) in [5.41, 5.74) is 6.32. The summed E-state index contributed by atoms with van der Waals surface area (Å²) in [6.07, 6.45) is -4.96. The molecule has 0 fully saturated rings. The quantitative estimate of drug-likeness (QED) is 0.794. The van der Waals surface area contributed by atoms with Gasteiger partial charge in [-0.3, -0.25) is 0 Å². The molecule has 90 valence electrons. The topological polar surface area (TPSA) is 35.2 Å². The molecule has 1 aromatic carbocycles. The molecule has 0 spiro atoms. The number of rotatable bonds is 5. The molecule has 1 aromatic rings. The first-order valence-corrected chi connectivity index (χ1v) is 5.00. The Balaban J connectivity index is 2.32. The van der Waals surface area contributed by atoms with Crippen LogP contribution in [-0.2, 0) is 6.54 Å². The Morgan fingerprint density at radius 2 is 2.00 bits per heavy atom. The second-order valence-electron chi connectivity index (χ2n) is 3.42. The van der Waals surface area contributed by atoms with Gasteiger partial charge in [0, 0.05) is 13.0 Å². The maximum Gasteiger partial charge on any atom is 0.389 e. The smallest absolute Gasteiger partial charge is 0.389 e. The summed E-state index contributed by atoms with van der Waals surface area (Å²) >= 11 is 0. The molecular formula is C11H14F3NO. The highest BCUT2D eigenvalue weighted by Gasteiger charge is 2.26. The second kappa shape index (κ2) is 5.75.